The van der Waals surface area contributed by atoms with Gasteiger partial charge in [0.2, 0.25) is 11.8 Å². The van der Waals surface area contributed by atoms with Crippen LogP contribution in [-0.2, 0) is 9.59 Å². The van der Waals surface area contributed by atoms with Crippen molar-refractivity contribution < 1.29 is 9.59 Å². The highest BCUT2D eigenvalue weighted by molar-refractivity contribution is 5.89. The van der Waals surface area contributed by atoms with Crippen LogP contribution in [0.4, 0.5) is 0 Å². The molecular weight excluding hydrogens is 242 g/mol. The Kier molecular flexibility index (Phi) is 4.45. The maximum Gasteiger partial charge on any atom is 0.228 e. The molecule has 19 heavy (non-hydrogen) atoms. The molecule has 0 N–H and O–H groups in total. The van der Waals surface area contributed by atoms with E-state index in [9.17, 15) is 9.59 Å². The van der Waals surface area contributed by atoms with Gasteiger partial charge in [-0.1, -0.05) is 0 Å². The maximum absolute atomic E-state index is 12.6. The first-order valence-electron chi connectivity index (χ1n) is 7.18. The van der Waals surface area contributed by atoms with Gasteiger partial charge in [0.15, 0.2) is 0 Å². The topological polar surface area (TPSA) is 43.9 Å². The predicted octanol–water partition coefficient (Wildman–Crippen LogP) is 0.407. The lowest BCUT2D eigenvalue weighted by Gasteiger charge is -2.38. The van der Waals surface area contributed by atoms with E-state index in [-0.39, 0.29) is 17.7 Å². The fourth-order valence-corrected chi connectivity index (χ4v) is 3.17. The van der Waals surface area contributed by atoms with Gasteiger partial charge >= 0.3 is 0 Å². The minimum Gasteiger partial charge on any atom is -0.345 e. The summed E-state index contributed by atoms with van der Waals surface area (Å²) in [6.07, 6.45) is 3.76. The highest BCUT2D eigenvalue weighted by atomic mass is 16.2. The summed E-state index contributed by atoms with van der Waals surface area (Å²) in [5.41, 5.74) is 0. The molecule has 2 fully saturated rings. The Morgan fingerprint density at radius 2 is 2.11 bits per heavy atom. The third-order valence-electron chi connectivity index (χ3n) is 4.18. The fraction of sp³-hybridized carbons (Fsp3) is 0.857. The average molecular weight is 267 g/mol. The van der Waals surface area contributed by atoms with Crippen molar-refractivity contribution >= 4 is 11.8 Å². The van der Waals surface area contributed by atoms with Gasteiger partial charge < -0.3 is 14.7 Å². The van der Waals surface area contributed by atoms with Crippen molar-refractivity contribution in [3.63, 3.8) is 0 Å². The minimum absolute atomic E-state index is 0.0968. The Hall–Kier alpha value is -1.10. The summed E-state index contributed by atoms with van der Waals surface area (Å²) in [4.78, 5) is 30.0. The first-order chi connectivity index (χ1) is 8.99. The number of carbonyl (C=O) groups excluding carboxylic acids is 2. The molecule has 2 heterocycles. The van der Waals surface area contributed by atoms with Crippen LogP contribution in [0.1, 0.15) is 25.7 Å². The van der Waals surface area contributed by atoms with Crippen LogP contribution in [0.3, 0.4) is 0 Å². The summed E-state index contributed by atoms with van der Waals surface area (Å²) in [7, 11) is 5.87. The van der Waals surface area contributed by atoms with E-state index < -0.39 is 0 Å². The van der Waals surface area contributed by atoms with Gasteiger partial charge in [-0.3, -0.25) is 9.59 Å². The largest absolute Gasteiger partial charge is 0.345 e. The lowest BCUT2D eigenvalue weighted by Crippen LogP contribution is -2.50. The van der Waals surface area contributed by atoms with Crippen molar-refractivity contribution in [2.24, 2.45) is 5.92 Å². The second-order valence-electron chi connectivity index (χ2n) is 6.12. The smallest absolute Gasteiger partial charge is 0.228 e. The van der Waals surface area contributed by atoms with Crippen molar-refractivity contribution in [2.45, 2.75) is 31.7 Å². The normalized spacial score (nSPS) is 28.3. The molecule has 2 amide bonds. The van der Waals surface area contributed by atoms with Crippen LogP contribution in [0.5, 0.6) is 0 Å². The van der Waals surface area contributed by atoms with Gasteiger partial charge in [-0.05, 0) is 33.4 Å². The van der Waals surface area contributed by atoms with Gasteiger partial charge in [-0.2, -0.15) is 0 Å². The molecule has 2 atom stereocenters. The van der Waals surface area contributed by atoms with Crippen LogP contribution in [0.15, 0.2) is 0 Å². The number of likely N-dealkylation sites (tertiary alicyclic amines) is 2. The van der Waals surface area contributed by atoms with Gasteiger partial charge in [-0.15, -0.1) is 0 Å². The minimum atomic E-state index is -0.125. The van der Waals surface area contributed by atoms with Gasteiger partial charge in [0.1, 0.15) is 0 Å². The van der Waals surface area contributed by atoms with Crippen LogP contribution >= 0.6 is 0 Å². The first-order valence-corrected chi connectivity index (χ1v) is 7.18. The molecule has 0 saturated carbocycles. The molecule has 0 radical (unpaired) electrons. The molecule has 2 saturated heterocycles. The monoisotopic (exact) mass is 267 g/mol. The third kappa shape index (κ3) is 3.26. The van der Waals surface area contributed by atoms with E-state index in [1.165, 1.54) is 6.42 Å². The SMILES string of the molecule is CN(C)CC1CCCCN1C(=O)C1CC(=O)N(C)C1. The van der Waals surface area contributed by atoms with E-state index in [0.717, 1.165) is 25.9 Å². The van der Waals surface area contributed by atoms with Crippen molar-refractivity contribution in [1.29, 1.82) is 0 Å². The number of rotatable bonds is 3. The number of hydrogen-bond acceptors (Lipinski definition) is 3. The van der Waals surface area contributed by atoms with Gasteiger partial charge in [0.05, 0.1) is 5.92 Å². The summed E-state index contributed by atoms with van der Waals surface area (Å²) >= 11 is 0. The van der Waals surface area contributed by atoms with Crippen LogP contribution in [0.2, 0.25) is 0 Å². The summed E-state index contributed by atoms with van der Waals surface area (Å²) in [6, 6.07) is 0.317. The zero-order valence-corrected chi connectivity index (χ0v) is 12.3. The number of carbonyl (C=O) groups is 2. The van der Waals surface area contributed by atoms with Crippen LogP contribution < -0.4 is 0 Å². The first kappa shape index (κ1) is 14.3. The third-order valence-corrected chi connectivity index (χ3v) is 4.18. The lowest BCUT2D eigenvalue weighted by molar-refractivity contribution is -0.139. The summed E-state index contributed by atoms with van der Waals surface area (Å²) < 4.78 is 0. The second kappa shape index (κ2) is 5.90. The predicted molar refractivity (Wildman–Crippen MR) is 73.7 cm³/mol. The molecule has 108 valence electrons. The Balaban J connectivity index is 2.01. The Morgan fingerprint density at radius 3 is 2.68 bits per heavy atom. The number of likely N-dealkylation sites (N-methyl/N-ethyl adjacent to an activating group) is 1. The van der Waals surface area contributed by atoms with E-state index in [0.29, 0.717) is 19.0 Å². The van der Waals surface area contributed by atoms with Crippen molar-refractivity contribution in [2.75, 3.05) is 40.8 Å². The molecule has 0 aromatic carbocycles. The maximum atomic E-state index is 12.6. The van der Waals surface area contributed by atoms with Gasteiger partial charge in [0.25, 0.3) is 0 Å². The molecule has 2 aliphatic heterocycles. The van der Waals surface area contributed by atoms with E-state index in [1.807, 2.05) is 19.0 Å². The second-order valence-corrected chi connectivity index (χ2v) is 6.12. The summed E-state index contributed by atoms with van der Waals surface area (Å²) in [5, 5.41) is 0. The zero-order valence-electron chi connectivity index (χ0n) is 12.3. The van der Waals surface area contributed by atoms with Crippen molar-refractivity contribution in [1.82, 2.24) is 14.7 Å². The Bertz CT molecular complexity index is 357. The molecule has 0 aromatic rings. The number of hydrogen-bond donors (Lipinski definition) is 0. The van der Waals surface area contributed by atoms with Crippen LogP contribution in [-0.4, -0.2) is 73.3 Å². The molecule has 5 heteroatoms. The van der Waals surface area contributed by atoms with Crippen molar-refractivity contribution in [3.8, 4) is 0 Å². The quantitative estimate of drug-likeness (QED) is 0.744. The van der Waals surface area contributed by atoms with Crippen LogP contribution in [0.25, 0.3) is 0 Å². The van der Waals surface area contributed by atoms with Crippen LogP contribution in [0, 0.1) is 5.92 Å². The van der Waals surface area contributed by atoms with Crippen molar-refractivity contribution in [3.05, 3.63) is 0 Å². The molecule has 2 unspecified atom stereocenters. The van der Waals surface area contributed by atoms with E-state index in [2.05, 4.69) is 4.90 Å². The standard InChI is InChI=1S/C14H25N3O2/c1-15(2)10-12-6-4-5-7-17(12)14(19)11-8-13(18)16(3)9-11/h11-12H,4-10H2,1-3H3. The van der Waals surface area contributed by atoms with Gasteiger partial charge in [-0.25, -0.2) is 0 Å². The molecule has 2 aliphatic rings. The van der Waals surface area contributed by atoms with Gasteiger partial charge in [0, 0.05) is 39.1 Å². The molecule has 2 rings (SSSR count). The van der Waals surface area contributed by atoms with E-state index >= 15 is 0 Å². The highest BCUT2D eigenvalue weighted by Crippen LogP contribution is 2.24. The Morgan fingerprint density at radius 1 is 1.37 bits per heavy atom. The molecule has 0 aliphatic carbocycles. The van der Waals surface area contributed by atoms with E-state index in [1.54, 1.807) is 11.9 Å². The number of amides is 2. The molecule has 0 spiro atoms. The molecule has 0 bridgehead atoms. The zero-order chi connectivity index (χ0) is 14.0. The number of nitrogens with zero attached hydrogens (tertiary/aromatic N) is 3. The van der Waals surface area contributed by atoms with E-state index in [4.69, 9.17) is 0 Å². The Labute approximate surface area is 115 Å². The highest BCUT2D eigenvalue weighted by Gasteiger charge is 2.37. The average Bonchev–Trinajstić information content (AvgIpc) is 2.69. The summed E-state index contributed by atoms with van der Waals surface area (Å²) in [6.45, 7) is 2.36. The summed E-state index contributed by atoms with van der Waals surface area (Å²) in [5.74, 6) is 0.157. The fourth-order valence-electron chi connectivity index (χ4n) is 3.17. The molecular formula is C14H25N3O2. The number of piperidine rings is 1. The molecule has 0 aromatic heterocycles. The lowest BCUT2D eigenvalue weighted by atomic mass is 9.98. The molecule has 5 nitrogen and oxygen atoms in total.